The first-order valence-electron chi connectivity index (χ1n) is 5.57. The van der Waals surface area contributed by atoms with Crippen molar-refractivity contribution in [3.05, 3.63) is 0 Å². The van der Waals surface area contributed by atoms with Crippen molar-refractivity contribution in [1.29, 1.82) is 0 Å². The summed E-state index contributed by atoms with van der Waals surface area (Å²) >= 11 is 0. The van der Waals surface area contributed by atoms with Gasteiger partial charge in [0.15, 0.2) is 0 Å². The molecule has 0 saturated heterocycles. The van der Waals surface area contributed by atoms with Gasteiger partial charge in [-0.15, -0.1) is 0 Å². The number of hydrogen-bond acceptors (Lipinski definition) is 2. The largest absolute Gasteiger partial charge is 0.481 e. The van der Waals surface area contributed by atoms with Crippen molar-refractivity contribution in [2.75, 3.05) is 0 Å². The van der Waals surface area contributed by atoms with E-state index < -0.39 is 5.97 Å². The van der Waals surface area contributed by atoms with Gasteiger partial charge in [0.1, 0.15) is 0 Å². The molecule has 0 radical (unpaired) electrons. The lowest BCUT2D eigenvalue weighted by Crippen LogP contribution is -2.39. The molecule has 0 saturated carbocycles. The second kappa shape index (κ2) is 7.26. The summed E-state index contributed by atoms with van der Waals surface area (Å²) in [5, 5.41) is 11.4. The molecule has 0 aliphatic carbocycles. The Morgan fingerprint density at radius 1 is 1.13 bits per heavy atom. The molecule has 0 aromatic rings. The van der Waals surface area contributed by atoms with Crippen molar-refractivity contribution in [3.8, 4) is 0 Å². The van der Waals surface area contributed by atoms with E-state index in [-0.39, 0.29) is 24.3 Å². The zero-order valence-corrected chi connectivity index (χ0v) is 9.75. The molecule has 0 heterocycles. The normalized spacial score (nSPS) is 12.5. The molecule has 0 aromatic heterocycles. The highest BCUT2D eigenvalue weighted by atomic mass is 16.4. The molecule has 0 spiro atoms. The van der Waals surface area contributed by atoms with Crippen molar-refractivity contribution in [1.82, 2.24) is 5.32 Å². The van der Waals surface area contributed by atoms with E-state index in [4.69, 9.17) is 5.11 Å². The third kappa shape index (κ3) is 5.40. The van der Waals surface area contributed by atoms with Crippen molar-refractivity contribution >= 4 is 11.9 Å². The van der Waals surface area contributed by atoms with Crippen LogP contribution in [0.3, 0.4) is 0 Å². The first-order valence-corrected chi connectivity index (χ1v) is 5.57. The van der Waals surface area contributed by atoms with Crippen molar-refractivity contribution in [2.24, 2.45) is 5.92 Å². The fourth-order valence-corrected chi connectivity index (χ4v) is 1.49. The van der Waals surface area contributed by atoms with Crippen LogP contribution < -0.4 is 5.32 Å². The van der Waals surface area contributed by atoms with Gasteiger partial charge in [-0.05, 0) is 19.3 Å². The van der Waals surface area contributed by atoms with E-state index in [0.29, 0.717) is 6.42 Å². The number of rotatable bonds is 7. The Balaban J connectivity index is 4.16. The first-order chi connectivity index (χ1) is 7.04. The summed E-state index contributed by atoms with van der Waals surface area (Å²) in [7, 11) is 0. The minimum Gasteiger partial charge on any atom is -0.481 e. The molecule has 88 valence electrons. The molecule has 0 aromatic carbocycles. The molecule has 15 heavy (non-hydrogen) atoms. The molecule has 0 fully saturated rings. The van der Waals surface area contributed by atoms with Gasteiger partial charge in [0.25, 0.3) is 0 Å². The van der Waals surface area contributed by atoms with E-state index in [0.717, 1.165) is 12.8 Å². The van der Waals surface area contributed by atoms with Gasteiger partial charge in [-0.2, -0.15) is 0 Å². The highest BCUT2D eigenvalue weighted by Gasteiger charge is 2.18. The topological polar surface area (TPSA) is 66.4 Å². The quantitative estimate of drug-likeness (QED) is 0.680. The maximum Gasteiger partial charge on any atom is 0.305 e. The van der Waals surface area contributed by atoms with Gasteiger partial charge in [0.2, 0.25) is 5.91 Å². The number of carbonyl (C=O) groups is 2. The Labute approximate surface area is 91.1 Å². The standard InChI is InChI=1S/C11H21NO3/c1-4-8(5-2)11(15)12-9(6-3)7-10(13)14/h8-9H,4-7H2,1-3H3,(H,12,15)(H,13,14). The molecule has 4 heteroatoms. The number of carboxylic acids is 1. The molecule has 2 N–H and O–H groups in total. The Morgan fingerprint density at radius 3 is 2.00 bits per heavy atom. The predicted octanol–water partition coefficient (Wildman–Crippen LogP) is 1.79. The van der Waals surface area contributed by atoms with Gasteiger partial charge < -0.3 is 10.4 Å². The van der Waals surface area contributed by atoms with Crippen LogP contribution in [0.15, 0.2) is 0 Å². The smallest absolute Gasteiger partial charge is 0.305 e. The van der Waals surface area contributed by atoms with E-state index >= 15 is 0 Å². The van der Waals surface area contributed by atoms with Crippen LogP contribution in [0.1, 0.15) is 46.5 Å². The van der Waals surface area contributed by atoms with Gasteiger partial charge in [-0.1, -0.05) is 20.8 Å². The third-order valence-electron chi connectivity index (χ3n) is 2.62. The number of aliphatic carboxylic acids is 1. The average Bonchev–Trinajstić information content (AvgIpc) is 2.17. The first kappa shape index (κ1) is 13.9. The summed E-state index contributed by atoms with van der Waals surface area (Å²) in [5.41, 5.74) is 0. The Kier molecular flexibility index (Phi) is 6.75. The van der Waals surface area contributed by atoms with Gasteiger partial charge in [-0.25, -0.2) is 0 Å². The lowest BCUT2D eigenvalue weighted by atomic mass is 10.0. The Bertz CT molecular complexity index is 212. The van der Waals surface area contributed by atoms with E-state index in [2.05, 4.69) is 5.32 Å². The van der Waals surface area contributed by atoms with Crippen LogP contribution in [0.4, 0.5) is 0 Å². The minimum atomic E-state index is -0.869. The zero-order valence-electron chi connectivity index (χ0n) is 9.75. The maximum absolute atomic E-state index is 11.7. The van der Waals surface area contributed by atoms with Crippen LogP contribution >= 0.6 is 0 Å². The van der Waals surface area contributed by atoms with Crippen LogP contribution in [-0.2, 0) is 9.59 Å². The molecule has 0 rings (SSSR count). The number of carboxylic acid groups (broad SMARTS) is 1. The number of carbonyl (C=O) groups excluding carboxylic acids is 1. The highest BCUT2D eigenvalue weighted by molar-refractivity contribution is 5.79. The summed E-state index contributed by atoms with van der Waals surface area (Å²) in [6.07, 6.45) is 2.25. The molecule has 1 amide bonds. The van der Waals surface area contributed by atoms with Gasteiger partial charge in [-0.3, -0.25) is 9.59 Å². The van der Waals surface area contributed by atoms with Crippen LogP contribution in [0.2, 0.25) is 0 Å². The van der Waals surface area contributed by atoms with E-state index in [9.17, 15) is 9.59 Å². The number of amides is 1. The molecular formula is C11H21NO3. The summed E-state index contributed by atoms with van der Waals surface area (Å²) in [6.45, 7) is 5.80. The van der Waals surface area contributed by atoms with Crippen LogP contribution in [0.5, 0.6) is 0 Å². The molecule has 4 nitrogen and oxygen atoms in total. The predicted molar refractivity (Wildman–Crippen MR) is 58.5 cm³/mol. The van der Waals surface area contributed by atoms with Crippen LogP contribution in [-0.4, -0.2) is 23.0 Å². The lowest BCUT2D eigenvalue weighted by Gasteiger charge is -2.18. The molecule has 1 unspecified atom stereocenters. The van der Waals surface area contributed by atoms with Crippen LogP contribution in [0.25, 0.3) is 0 Å². The summed E-state index contributed by atoms with van der Waals surface area (Å²) < 4.78 is 0. The molecule has 1 atom stereocenters. The number of hydrogen-bond donors (Lipinski definition) is 2. The SMILES string of the molecule is CCC(CC(=O)O)NC(=O)C(CC)CC. The van der Waals surface area contributed by atoms with E-state index in [1.54, 1.807) is 0 Å². The fourth-order valence-electron chi connectivity index (χ4n) is 1.49. The summed E-state index contributed by atoms with van der Waals surface area (Å²) in [6, 6.07) is -0.240. The van der Waals surface area contributed by atoms with Crippen molar-refractivity contribution in [3.63, 3.8) is 0 Å². The highest BCUT2D eigenvalue weighted by Crippen LogP contribution is 2.09. The van der Waals surface area contributed by atoms with Crippen LogP contribution in [0, 0.1) is 5.92 Å². The van der Waals surface area contributed by atoms with Gasteiger partial charge >= 0.3 is 5.97 Å². The summed E-state index contributed by atoms with van der Waals surface area (Å²) in [5.74, 6) is -0.882. The second-order valence-corrected chi connectivity index (χ2v) is 3.73. The zero-order chi connectivity index (χ0) is 11.8. The molecular weight excluding hydrogens is 194 g/mol. The lowest BCUT2D eigenvalue weighted by molar-refractivity contribution is -0.137. The second-order valence-electron chi connectivity index (χ2n) is 3.73. The fraction of sp³-hybridized carbons (Fsp3) is 0.818. The Morgan fingerprint density at radius 2 is 1.67 bits per heavy atom. The minimum absolute atomic E-state index is 0.00237. The molecule has 0 aliphatic rings. The third-order valence-corrected chi connectivity index (χ3v) is 2.62. The van der Waals surface area contributed by atoms with E-state index in [1.165, 1.54) is 0 Å². The monoisotopic (exact) mass is 215 g/mol. The van der Waals surface area contributed by atoms with Gasteiger partial charge in [0, 0.05) is 12.0 Å². The Hall–Kier alpha value is -1.06. The van der Waals surface area contributed by atoms with E-state index in [1.807, 2.05) is 20.8 Å². The maximum atomic E-state index is 11.7. The average molecular weight is 215 g/mol. The summed E-state index contributed by atoms with van der Waals surface area (Å²) in [4.78, 5) is 22.2. The van der Waals surface area contributed by atoms with Crippen molar-refractivity contribution < 1.29 is 14.7 Å². The number of nitrogens with one attached hydrogen (secondary N) is 1. The van der Waals surface area contributed by atoms with Crippen molar-refractivity contribution in [2.45, 2.75) is 52.5 Å². The molecule has 0 aliphatic heterocycles. The van der Waals surface area contributed by atoms with Gasteiger partial charge in [0.05, 0.1) is 6.42 Å². The molecule has 0 bridgehead atoms.